The number of hydrogen-bond donors (Lipinski definition) is 1. The molecule has 1 aliphatic heterocycles. The second-order valence-electron chi connectivity index (χ2n) is 6.14. The zero-order chi connectivity index (χ0) is 16.9. The van der Waals surface area contributed by atoms with Crippen molar-refractivity contribution in [2.45, 2.75) is 19.6 Å². The molecule has 0 unspecified atom stereocenters. The molecule has 1 aliphatic rings. The van der Waals surface area contributed by atoms with Gasteiger partial charge in [0.1, 0.15) is 11.9 Å². The lowest BCUT2D eigenvalue weighted by molar-refractivity contribution is -0.140. The van der Waals surface area contributed by atoms with Crippen molar-refractivity contribution >= 4 is 5.91 Å². The smallest absolute Gasteiger partial charge is 0.236 e. The van der Waals surface area contributed by atoms with Crippen LogP contribution in [0.2, 0.25) is 0 Å². The minimum absolute atomic E-state index is 0.106. The first-order chi connectivity index (χ1) is 11.6. The zero-order valence-corrected chi connectivity index (χ0v) is 14.1. The number of carbonyl (C=O) groups excluding carboxylic acids is 1. The number of morpholine rings is 1. The highest BCUT2D eigenvalue weighted by Gasteiger charge is 2.28. The molecule has 1 fully saturated rings. The summed E-state index contributed by atoms with van der Waals surface area (Å²) in [7, 11) is 1.96. The van der Waals surface area contributed by atoms with E-state index in [1.807, 2.05) is 42.0 Å². The van der Waals surface area contributed by atoms with Crippen LogP contribution in [0.15, 0.2) is 30.3 Å². The molecular formula is C17H23N5O2. The molecule has 0 bridgehead atoms. The molecule has 7 heteroatoms. The van der Waals surface area contributed by atoms with Crippen LogP contribution < -0.4 is 0 Å². The number of benzene rings is 1. The molecule has 0 radical (unpaired) electrons. The number of amides is 1. The summed E-state index contributed by atoms with van der Waals surface area (Å²) < 4.78 is 5.71. The molecule has 24 heavy (non-hydrogen) atoms. The van der Waals surface area contributed by atoms with Gasteiger partial charge in [-0.15, -0.1) is 0 Å². The molecule has 0 spiro atoms. The number of aromatic amines is 1. The number of aromatic nitrogens is 3. The molecule has 3 rings (SSSR count). The standard InChI is InChI=1S/C17H23N5O2/c1-13-18-17(20-19-13)15-11-22(8-9-24-15)16(23)12-21(2)10-14-6-4-3-5-7-14/h3-7,15H,8-12H2,1-2H3,(H,18,19,20)/t15-/m1/s1. The SMILES string of the molecule is Cc1nc([C@H]2CN(C(=O)CN(C)Cc3ccccc3)CCO2)n[nH]1. The predicted molar refractivity (Wildman–Crippen MR) is 89.2 cm³/mol. The fourth-order valence-corrected chi connectivity index (χ4v) is 2.82. The van der Waals surface area contributed by atoms with E-state index in [0.717, 1.165) is 12.4 Å². The maximum atomic E-state index is 12.6. The average molecular weight is 329 g/mol. The normalized spacial score (nSPS) is 18.1. The third-order valence-electron chi connectivity index (χ3n) is 4.02. The van der Waals surface area contributed by atoms with E-state index in [0.29, 0.717) is 32.1 Å². The molecular weight excluding hydrogens is 306 g/mol. The van der Waals surface area contributed by atoms with Crippen molar-refractivity contribution in [3.63, 3.8) is 0 Å². The first-order valence-corrected chi connectivity index (χ1v) is 8.12. The Morgan fingerprint density at radius 1 is 1.42 bits per heavy atom. The molecule has 2 heterocycles. The molecule has 128 valence electrons. The van der Waals surface area contributed by atoms with Crippen molar-refractivity contribution in [2.75, 3.05) is 33.3 Å². The largest absolute Gasteiger partial charge is 0.366 e. The maximum Gasteiger partial charge on any atom is 0.236 e. The highest BCUT2D eigenvalue weighted by Crippen LogP contribution is 2.19. The Morgan fingerprint density at radius 3 is 2.92 bits per heavy atom. The number of hydrogen-bond acceptors (Lipinski definition) is 5. The molecule has 1 aromatic carbocycles. The predicted octanol–water partition coefficient (Wildman–Crippen LogP) is 1.15. The van der Waals surface area contributed by atoms with Crippen LogP contribution in [0.4, 0.5) is 0 Å². The second-order valence-corrected chi connectivity index (χ2v) is 6.14. The number of ether oxygens (including phenoxy) is 1. The number of nitrogens with one attached hydrogen (secondary N) is 1. The fraction of sp³-hybridized carbons (Fsp3) is 0.471. The third-order valence-corrected chi connectivity index (χ3v) is 4.02. The Hall–Kier alpha value is -2.25. The van der Waals surface area contributed by atoms with E-state index in [4.69, 9.17) is 4.74 Å². The summed E-state index contributed by atoms with van der Waals surface area (Å²) in [5, 5.41) is 6.96. The van der Waals surface area contributed by atoms with Gasteiger partial charge in [0.05, 0.1) is 19.7 Å². The first-order valence-electron chi connectivity index (χ1n) is 8.12. The molecule has 1 saturated heterocycles. The van der Waals surface area contributed by atoms with E-state index in [-0.39, 0.29) is 12.0 Å². The van der Waals surface area contributed by atoms with Crippen LogP contribution in [0.1, 0.15) is 23.3 Å². The monoisotopic (exact) mass is 329 g/mol. The van der Waals surface area contributed by atoms with E-state index >= 15 is 0 Å². The minimum Gasteiger partial charge on any atom is -0.366 e. The van der Waals surface area contributed by atoms with Gasteiger partial charge >= 0.3 is 0 Å². The summed E-state index contributed by atoms with van der Waals surface area (Å²) in [6, 6.07) is 10.1. The number of H-pyrrole nitrogens is 1. The van der Waals surface area contributed by atoms with Crippen LogP contribution in [0.25, 0.3) is 0 Å². The molecule has 2 aromatic rings. The van der Waals surface area contributed by atoms with E-state index in [9.17, 15) is 4.79 Å². The molecule has 7 nitrogen and oxygen atoms in total. The van der Waals surface area contributed by atoms with E-state index in [1.165, 1.54) is 5.56 Å². The van der Waals surface area contributed by atoms with Gasteiger partial charge in [0.25, 0.3) is 0 Å². The van der Waals surface area contributed by atoms with Crippen molar-refractivity contribution in [3.05, 3.63) is 47.5 Å². The van der Waals surface area contributed by atoms with E-state index in [2.05, 4.69) is 27.3 Å². The molecule has 0 aliphatic carbocycles. The van der Waals surface area contributed by atoms with Gasteiger partial charge in [-0.2, -0.15) is 5.10 Å². The summed E-state index contributed by atoms with van der Waals surface area (Å²) in [6.07, 6.45) is -0.257. The summed E-state index contributed by atoms with van der Waals surface area (Å²) in [5.74, 6) is 1.47. The fourth-order valence-electron chi connectivity index (χ4n) is 2.82. The van der Waals surface area contributed by atoms with Gasteiger partial charge in [0.2, 0.25) is 5.91 Å². The summed E-state index contributed by atoms with van der Waals surface area (Å²) in [4.78, 5) is 20.7. The van der Waals surface area contributed by atoms with Crippen molar-refractivity contribution in [3.8, 4) is 0 Å². The lowest BCUT2D eigenvalue weighted by Gasteiger charge is -2.32. The zero-order valence-electron chi connectivity index (χ0n) is 14.1. The summed E-state index contributed by atoms with van der Waals surface area (Å²) in [6.45, 7) is 4.59. The Kier molecular flexibility index (Phi) is 5.22. The maximum absolute atomic E-state index is 12.6. The number of rotatable bonds is 5. The van der Waals surface area contributed by atoms with Crippen LogP contribution in [0.3, 0.4) is 0 Å². The molecule has 1 atom stereocenters. The Morgan fingerprint density at radius 2 is 2.21 bits per heavy atom. The molecule has 1 amide bonds. The van der Waals surface area contributed by atoms with Gasteiger partial charge in [-0.1, -0.05) is 30.3 Å². The van der Waals surface area contributed by atoms with E-state index < -0.39 is 0 Å². The van der Waals surface area contributed by atoms with Crippen LogP contribution in [0.5, 0.6) is 0 Å². The topological polar surface area (TPSA) is 74.3 Å². The molecule has 0 saturated carbocycles. The van der Waals surface area contributed by atoms with Crippen LogP contribution in [0, 0.1) is 6.92 Å². The number of likely N-dealkylation sites (N-methyl/N-ethyl adjacent to an activating group) is 1. The van der Waals surface area contributed by atoms with Crippen molar-refractivity contribution in [1.29, 1.82) is 0 Å². The second kappa shape index (κ2) is 7.55. The highest BCUT2D eigenvalue weighted by molar-refractivity contribution is 5.78. The Balaban J connectivity index is 1.54. The van der Waals surface area contributed by atoms with Crippen LogP contribution in [-0.4, -0.2) is 64.2 Å². The number of nitrogens with zero attached hydrogens (tertiary/aromatic N) is 4. The van der Waals surface area contributed by atoms with Gasteiger partial charge < -0.3 is 9.64 Å². The summed E-state index contributed by atoms with van der Waals surface area (Å²) >= 11 is 0. The van der Waals surface area contributed by atoms with Crippen molar-refractivity contribution < 1.29 is 9.53 Å². The van der Waals surface area contributed by atoms with Gasteiger partial charge in [-0.05, 0) is 19.5 Å². The lowest BCUT2D eigenvalue weighted by atomic mass is 10.2. The van der Waals surface area contributed by atoms with E-state index in [1.54, 1.807) is 0 Å². The third kappa shape index (κ3) is 4.18. The summed E-state index contributed by atoms with van der Waals surface area (Å²) in [5.41, 5.74) is 1.20. The Labute approximate surface area is 141 Å². The lowest BCUT2D eigenvalue weighted by Crippen LogP contribution is -2.46. The van der Waals surface area contributed by atoms with Crippen molar-refractivity contribution in [1.82, 2.24) is 25.0 Å². The van der Waals surface area contributed by atoms with Gasteiger partial charge in [0.15, 0.2) is 5.82 Å². The van der Waals surface area contributed by atoms with Crippen LogP contribution >= 0.6 is 0 Å². The average Bonchev–Trinajstić information content (AvgIpc) is 3.02. The van der Waals surface area contributed by atoms with Gasteiger partial charge in [-0.3, -0.25) is 14.8 Å². The van der Waals surface area contributed by atoms with Gasteiger partial charge in [-0.25, -0.2) is 4.98 Å². The first kappa shape index (κ1) is 16.6. The highest BCUT2D eigenvalue weighted by atomic mass is 16.5. The van der Waals surface area contributed by atoms with Gasteiger partial charge in [0, 0.05) is 13.1 Å². The van der Waals surface area contributed by atoms with Crippen molar-refractivity contribution in [2.24, 2.45) is 0 Å². The number of carbonyl (C=O) groups is 1. The minimum atomic E-state index is -0.257. The Bertz CT molecular complexity index is 673. The molecule has 1 aromatic heterocycles. The van der Waals surface area contributed by atoms with Crippen LogP contribution in [-0.2, 0) is 16.1 Å². The number of aryl methyl sites for hydroxylation is 1. The molecule has 1 N–H and O–H groups in total. The quantitative estimate of drug-likeness (QED) is 0.890.